The minimum Gasteiger partial charge on any atom is -0.367 e. The van der Waals surface area contributed by atoms with Gasteiger partial charge in [0.15, 0.2) is 5.52 Å². The molecule has 3 heterocycles. The number of fused-ring (bicyclic) bond motifs is 1. The first kappa shape index (κ1) is 16.1. The number of nitro benzene ring substituents is 1. The molecule has 0 aliphatic carbocycles. The first-order valence-electron chi connectivity index (χ1n) is 8.85. The Bertz CT molecular complexity index is 778. The van der Waals surface area contributed by atoms with E-state index in [0.29, 0.717) is 11.2 Å². The number of nitro groups is 1. The molecule has 2 aliphatic rings. The molecule has 1 aromatic carbocycles. The Morgan fingerprint density at radius 3 is 2.32 bits per heavy atom. The molecule has 0 atom stereocenters. The summed E-state index contributed by atoms with van der Waals surface area (Å²) < 4.78 is 4.89. The summed E-state index contributed by atoms with van der Waals surface area (Å²) in [6.07, 6.45) is 2.10. The Balaban J connectivity index is 1.80. The van der Waals surface area contributed by atoms with Crippen molar-refractivity contribution < 1.29 is 9.55 Å². The van der Waals surface area contributed by atoms with Gasteiger partial charge in [-0.05, 0) is 35.8 Å². The molecule has 1 aromatic heterocycles. The van der Waals surface area contributed by atoms with Gasteiger partial charge in [-0.15, -0.1) is 0 Å². The van der Waals surface area contributed by atoms with Crippen LogP contribution < -0.4 is 9.80 Å². The molecular weight excluding hydrogens is 324 g/mol. The van der Waals surface area contributed by atoms with Gasteiger partial charge in [0.1, 0.15) is 5.69 Å². The topological polar surface area (TPSA) is 91.8 Å². The highest BCUT2D eigenvalue weighted by molar-refractivity contribution is 6.00. The zero-order chi connectivity index (χ0) is 17.4. The van der Waals surface area contributed by atoms with Gasteiger partial charge in [-0.1, -0.05) is 6.92 Å². The Morgan fingerprint density at radius 2 is 1.68 bits per heavy atom. The number of nitrogens with zero attached hydrogens (tertiary/aromatic N) is 6. The smallest absolute Gasteiger partial charge is 0.323 e. The van der Waals surface area contributed by atoms with Gasteiger partial charge in [0.25, 0.3) is 0 Å². The van der Waals surface area contributed by atoms with Crippen LogP contribution in [-0.2, 0) is 0 Å². The fourth-order valence-electron chi connectivity index (χ4n) is 3.82. The number of anilines is 2. The summed E-state index contributed by atoms with van der Waals surface area (Å²) in [6.45, 7) is 8.54. The lowest BCUT2D eigenvalue weighted by Gasteiger charge is -2.35. The number of hydrogen-bond acceptors (Lipinski definition) is 8. The van der Waals surface area contributed by atoms with E-state index in [-0.39, 0.29) is 16.1 Å². The molecule has 25 heavy (non-hydrogen) atoms. The van der Waals surface area contributed by atoms with Crippen molar-refractivity contribution >= 4 is 28.1 Å². The number of likely N-dealkylation sites (N-methyl/N-ethyl adjacent to an activating group) is 1. The van der Waals surface area contributed by atoms with Crippen LogP contribution >= 0.6 is 0 Å². The molecule has 0 N–H and O–H groups in total. The largest absolute Gasteiger partial charge is 0.367 e. The van der Waals surface area contributed by atoms with E-state index in [2.05, 4.69) is 31.9 Å². The second kappa shape index (κ2) is 6.47. The normalized spacial score (nSPS) is 19.1. The Labute approximate surface area is 145 Å². The van der Waals surface area contributed by atoms with Crippen molar-refractivity contribution in [3.63, 3.8) is 0 Å². The molecular formula is C16H22N6O3. The predicted molar refractivity (Wildman–Crippen MR) is 94.2 cm³/mol. The SMILES string of the molecule is CCN1CCN(c2cc(N3CCCC3)c([N+](=O)[O-])c3nonc23)CC1. The summed E-state index contributed by atoms with van der Waals surface area (Å²) in [5.74, 6) is 0. The number of benzene rings is 1. The standard InChI is InChI=1S/C16H22N6O3/c1-2-19-7-9-21(10-8-19)12-11-13(20-5-3-4-6-20)16(22(23)24)15-14(12)17-25-18-15/h11H,2-10H2,1H3. The molecule has 2 saturated heterocycles. The van der Waals surface area contributed by atoms with Crippen LogP contribution in [0.1, 0.15) is 19.8 Å². The molecule has 9 heteroatoms. The molecule has 0 spiro atoms. The van der Waals surface area contributed by atoms with Crippen LogP contribution in [0.4, 0.5) is 17.1 Å². The van der Waals surface area contributed by atoms with E-state index in [1.807, 2.05) is 6.07 Å². The average Bonchev–Trinajstić information content (AvgIpc) is 3.31. The van der Waals surface area contributed by atoms with Crippen LogP contribution in [0, 0.1) is 10.1 Å². The maximum Gasteiger partial charge on any atom is 0.323 e. The first-order valence-corrected chi connectivity index (χ1v) is 8.85. The number of piperazine rings is 1. The van der Waals surface area contributed by atoms with E-state index in [1.54, 1.807) is 0 Å². The molecule has 0 bridgehead atoms. The zero-order valence-electron chi connectivity index (χ0n) is 14.3. The predicted octanol–water partition coefficient (Wildman–Crippen LogP) is 1.87. The van der Waals surface area contributed by atoms with Gasteiger partial charge in [-0.2, -0.15) is 0 Å². The average molecular weight is 346 g/mol. The third kappa shape index (κ3) is 2.78. The summed E-state index contributed by atoms with van der Waals surface area (Å²) in [5, 5.41) is 19.6. The first-order chi connectivity index (χ1) is 12.2. The molecule has 2 aliphatic heterocycles. The monoisotopic (exact) mass is 346 g/mol. The molecule has 9 nitrogen and oxygen atoms in total. The minimum absolute atomic E-state index is 0.00842. The second-order valence-corrected chi connectivity index (χ2v) is 6.60. The van der Waals surface area contributed by atoms with Crippen molar-refractivity contribution in [2.75, 3.05) is 55.6 Å². The lowest BCUT2D eigenvalue weighted by atomic mass is 10.1. The van der Waals surface area contributed by atoms with Gasteiger partial charge in [0.2, 0.25) is 5.52 Å². The van der Waals surface area contributed by atoms with Crippen molar-refractivity contribution in [1.29, 1.82) is 0 Å². The number of aromatic nitrogens is 2. The van der Waals surface area contributed by atoms with Crippen LogP contribution in [0.25, 0.3) is 11.0 Å². The van der Waals surface area contributed by atoms with Gasteiger partial charge in [0.05, 0.1) is 10.6 Å². The van der Waals surface area contributed by atoms with E-state index in [0.717, 1.165) is 64.3 Å². The van der Waals surface area contributed by atoms with Crippen molar-refractivity contribution in [2.24, 2.45) is 0 Å². The number of hydrogen-bond donors (Lipinski definition) is 0. The van der Waals surface area contributed by atoms with Crippen molar-refractivity contribution in [3.8, 4) is 0 Å². The van der Waals surface area contributed by atoms with Crippen LogP contribution in [0.15, 0.2) is 10.7 Å². The van der Waals surface area contributed by atoms with E-state index in [4.69, 9.17) is 4.63 Å². The number of rotatable bonds is 4. The highest BCUT2D eigenvalue weighted by atomic mass is 16.6. The van der Waals surface area contributed by atoms with Crippen LogP contribution in [0.5, 0.6) is 0 Å². The fraction of sp³-hybridized carbons (Fsp3) is 0.625. The maximum atomic E-state index is 11.7. The summed E-state index contributed by atoms with van der Waals surface area (Å²) in [5.41, 5.74) is 2.27. The van der Waals surface area contributed by atoms with Gasteiger partial charge in [-0.3, -0.25) is 10.1 Å². The Morgan fingerprint density at radius 1 is 1.04 bits per heavy atom. The van der Waals surface area contributed by atoms with Gasteiger partial charge in [-0.25, -0.2) is 4.63 Å². The van der Waals surface area contributed by atoms with Crippen molar-refractivity contribution in [2.45, 2.75) is 19.8 Å². The minimum atomic E-state index is -0.362. The molecule has 2 aromatic rings. The molecule has 0 radical (unpaired) electrons. The van der Waals surface area contributed by atoms with E-state index in [1.165, 1.54) is 0 Å². The lowest BCUT2D eigenvalue weighted by molar-refractivity contribution is -0.382. The summed E-state index contributed by atoms with van der Waals surface area (Å²) in [7, 11) is 0. The lowest BCUT2D eigenvalue weighted by Crippen LogP contribution is -2.46. The molecule has 4 rings (SSSR count). The van der Waals surface area contributed by atoms with Crippen LogP contribution in [-0.4, -0.2) is 65.9 Å². The molecule has 0 unspecified atom stereocenters. The maximum absolute atomic E-state index is 11.7. The molecule has 0 amide bonds. The molecule has 2 fully saturated rings. The highest BCUT2D eigenvalue weighted by Crippen LogP contribution is 2.41. The Hall–Kier alpha value is -2.42. The van der Waals surface area contributed by atoms with E-state index in [9.17, 15) is 10.1 Å². The third-order valence-corrected chi connectivity index (χ3v) is 5.26. The fourth-order valence-corrected chi connectivity index (χ4v) is 3.82. The van der Waals surface area contributed by atoms with Crippen LogP contribution in [0.3, 0.4) is 0 Å². The molecule has 0 saturated carbocycles. The van der Waals surface area contributed by atoms with Gasteiger partial charge < -0.3 is 14.7 Å². The van der Waals surface area contributed by atoms with Crippen molar-refractivity contribution in [3.05, 3.63) is 16.2 Å². The van der Waals surface area contributed by atoms with E-state index < -0.39 is 0 Å². The van der Waals surface area contributed by atoms with Gasteiger partial charge >= 0.3 is 5.69 Å². The summed E-state index contributed by atoms with van der Waals surface area (Å²) >= 11 is 0. The summed E-state index contributed by atoms with van der Waals surface area (Å²) in [6, 6.07) is 1.91. The summed E-state index contributed by atoms with van der Waals surface area (Å²) in [4.78, 5) is 18.1. The van der Waals surface area contributed by atoms with Crippen LogP contribution in [0.2, 0.25) is 0 Å². The quantitative estimate of drug-likeness (QED) is 0.612. The van der Waals surface area contributed by atoms with E-state index >= 15 is 0 Å². The highest BCUT2D eigenvalue weighted by Gasteiger charge is 2.32. The van der Waals surface area contributed by atoms with Gasteiger partial charge in [0, 0.05) is 39.3 Å². The Kier molecular flexibility index (Phi) is 4.16. The van der Waals surface area contributed by atoms with Crippen molar-refractivity contribution in [1.82, 2.24) is 15.2 Å². The zero-order valence-corrected chi connectivity index (χ0v) is 14.3. The molecule has 134 valence electrons. The third-order valence-electron chi connectivity index (χ3n) is 5.26. The second-order valence-electron chi connectivity index (χ2n) is 6.60.